The third-order valence-corrected chi connectivity index (χ3v) is 8.59. The van der Waals surface area contributed by atoms with Crippen LogP contribution in [0.15, 0.2) is 48.6 Å². The fraction of sp³-hybridized carbons (Fsp3) is 0.667. The highest BCUT2D eigenvalue weighted by molar-refractivity contribution is 5.24. The lowest BCUT2D eigenvalue weighted by Crippen LogP contribution is -2.25. The van der Waals surface area contributed by atoms with Crippen LogP contribution >= 0.6 is 0 Å². The Morgan fingerprint density at radius 1 is 0.733 bits per heavy atom. The van der Waals surface area contributed by atoms with Crippen molar-refractivity contribution in [2.45, 2.75) is 96.8 Å². The second-order valence-corrected chi connectivity index (χ2v) is 10.8. The molecule has 0 radical (unpaired) electrons. The summed E-state index contributed by atoms with van der Waals surface area (Å²) in [5.74, 6) is 5.27. The third-order valence-electron chi connectivity index (χ3n) is 8.59. The van der Waals surface area contributed by atoms with E-state index >= 15 is 0 Å². The van der Waals surface area contributed by atoms with Crippen LogP contribution in [0.25, 0.3) is 0 Å². The SMILES string of the molecule is CCCC1C=CC(C=CC2CCC(C3CCC(c4ccc(C)cc4)CC3)CC2)CC1. The predicted molar refractivity (Wildman–Crippen MR) is 131 cm³/mol. The summed E-state index contributed by atoms with van der Waals surface area (Å²) in [5.41, 5.74) is 2.98. The third kappa shape index (κ3) is 5.89. The van der Waals surface area contributed by atoms with E-state index in [9.17, 15) is 0 Å². The second kappa shape index (κ2) is 10.8. The summed E-state index contributed by atoms with van der Waals surface area (Å²) in [6.45, 7) is 4.51. The summed E-state index contributed by atoms with van der Waals surface area (Å²) in [4.78, 5) is 0. The predicted octanol–water partition coefficient (Wildman–Crippen LogP) is 9.01. The lowest BCUT2D eigenvalue weighted by atomic mass is 9.68. The van der Waals surface area contributed by atoms with E-state index < -0.39 is 0 Å². The summed E-state index contributed by atoms with van der Waals surface area (Å²) < 4.78 is 0. The Hall–Kier alpha value is -1.30. The molecule has 1 aromatic rings. The molecule has 0 N–H and O–H groups in total. The monoisotopic (exact) mass is 404 g/mol. The van der Waals surface area contributed by atoms with Gasteiger partial charge in [-0.2, -0.15) is 0 Å². The Morgan fingerprint density at radius 2 is 1.40 bits per heavy atom. The summed E-state index contributed by atoms with van der Waals surface area (Å²) in [6, 6.07) is 9.35. The zero-order chi connectivity index (χ0) is 20.8. The quantitative estimate of drug-likeness (QED) is 0.415. The van der Waals surface area contributed by atoms with Crippen molar-refractivity contribution in [3.63, 3.8) is 0 Å². The number of rotatable bonds is 6. The molecule has 1 aromatic carbocycles. The zero-order valence-corrected chi connectivity index (χ0v) is 19.6. The second-order valence-electron chi connectivity index (χ2n) is 10.8. The van der Waals surface area contributed by atoms with E-state index in [0.717, 1.165) is 29.6 Å². The summed E-state index contributed by atoms with van der Waals surface area (Å²) in [6.07, 6.45) is 27.2. The number of benzene rings is 1. The van der Waals surface area contributed by atoms with Gasteiger partial charge in [-0.25, -0.2) is 0 Å². The molecule has 4 rings (SSSR count). The molecular weight excluding hydrogens is 360 g/mol. The van der Waals surface area contributed by atoms with Gasteiger partial charge in [0.15, 0.2) is 0 Å². The number of hydrogen-bond acceptors (Lipinski definition) is 0. The standard InChI is InChI=1S/C30H44/c1-3-4-24-7-9-25(10-8-24)11-12-26-13-17-28(18-14-26)30-21-19-29(20-22-30)27-15-5-23(2)6-16-27/h5-7,9,11-12,15-16,24-26,28-30H,3-4,8,10,13-14,17-22H2,1-2H3. The van der Waals surface area contributed by atoms with Crippen molar-refractivity contribution >= 4 is 0 Å². The lowest BCUT2D eigenvalue weighted by molar-refractivity contribution is 0.171. The maximum atomic E-state index is 2.60. The summed E-state index contributed by atoms with van der Waals surface area (Å²) in [5, 5.41) is 0. The molecule has 3 aliphatic rings. The molecule has 164 valence electrons. The van der Waals surface area contributed by atoms with E-state index in [1.54, 1.807) is 5.56 Å². The van der Waals surface area contributed by atoms with Crippen molar-refractivity contribution in [3.8, 4) is 0 Å². The van der Waals surface area contributed by atoms with Gasteiger partial charge < -0.3 is 0 Å². The maximum Gasteiger partial charge on any atom is -0.00531 e. The maximum absolute atomic E-state index is 2.60. The van der Waals surface area contributed by atoms with Crippen LogP contribution in [0.1, 0.15) is 101 Å². The average Bonchev–Trinajstić information content (AvgIpc) is 2.80. The van der Waals surface area contributed by atoms with Crippen molar-refractivity contribution in [2.75, 3.05) is 0 Å². The van der Waals surface area contributed by atoms with Gasteiger partial charge in [-0.05, 0) is 119 Å². The Balaban J connectivity index is 1.18. The highest BCUT2D eigenvalue weighted by atomic mass is 14.4. The first-order valence-electron chi connectivity index (χ1n) is 13.1. The van der Waals surface area contributed by atoms with Gasteiger partial charge in [0.1, 0.15) is 0 Å². The molecule has 0 heterocycles. The molecule has 2 atom stereocenters. The largest absolute Gasteiger partial charge is 0.0848 e. The minimum Gasteiger partial charge on any atom is -0.0848 e. The molecule has 0 nitrogen and oxygen atoms in total. The van der Waals surface area contributed by atoms with Crippen molar-refractivity contribution < 1.29 is 0 Å². The van der Waals surface area contributed by atoms with Crippen LogP contribution in [0.4, 0.5) is 0 Å². The van der Waals surface area contributed by atoms with Crippen LogP contribution in [0.5, 0.6) is 0 Å². The van der Waals surface area contributed by atoms with Crippen LogP contribution < -0.4 is 0 Å². The van der Waals surface area contributed by atoms with E-state index in [4.69, 9.17) is 0 Å². The Bertz CT molecular complexity index is 677. The van der Waals surface area contributed by atoms with Gasteiger partial charge in [-0.1, -0.05) is 67.5 Å². The minimum atomic E-state index is 0.716. The van der Waals surface area contributed by atoms with E-state index in [2.05, 4.69) is 62.4 Å². The molecule has 0 saturated heterocycles. The molecule has 0 aliphatic heterocycles. The fourth-order valence-corrected chi connectivity index (χ4v) is 6.54. The molecule has 3 aliphatic carbocycles. The highest BCUT2D eigenvalue weighted by Crippen LogP contribution is 2.44. The van der Waals surface area contributed by atoms with Crippen molar-refractivity contribution in [1.82, 2.24) is 0 Å². The number of aryl methyl sites for hydroxylation is 1. The highest BCUT2D eigenvalue weighted by Gasteiger charge is 2.30. The first-order valence-corrected chi connectivity index (χ1v) is 13.1. The Morgan fingerprint density at radius 3 is 2.00 bits per heavy atom. The molecule has 0 aromatic heterocycles. The first-order chi connectivity index (χ1) is 14.7. The minimum absolute atomic E-state index is 0.716. The van der Waals surface area contributed by atoms with Gasteiger partial charge in [0.25, 0.3) is 0 Å². The van der Waals surface area contributed by atoms with E-state index in [0.29, 0.717) is 5.92 Å². The van der Waals surface area contributed by atoms with Crippen LogP contribution in [0, 0.1) is 36.5 Å². The number of allylic oxidation sites excluding steroid dienone is 4. The Labute approximate surface area is 186 Å². The van der Waals surface area contributed by atoms with Gasteiger partial charge in [-0.3, -0.25) is 0 Å². The fourth-order valence-electron chi connectivity index (χ4n) is 6.54. The molecule has 30 heavy (non-hydrogen) atoms. The molecule has 2 saturated carbocycles. The lowest BCUT2D eigenvalue weighted by Gasteiger charge is -2.37. The first kappa shape index (κ1) is 21.9. The zero-order valence-electron chi connectivity index (χ0n) is 19.6. The molecule has 0 spiro atoms. The van der Waals surface area contributed by atoms with Gasteiger partial charge >= 0.3 is 0 Å². The van der Waals surface area contributed by atoms with Crippen LogP contribution in [0.2, 0.25) is 0 Å². The molecular formula is C30H44. The number of hydrogen-bond donors (Lipinski definition) is 0. The van der Waals surface area contributed by atoms with E-state index in [1.165, 1.54) is 82.6 Å². The van der Waals surface area contributed by atoms with Gasteiger partial charge in [0.05, 0.1) is 0 Å². The topological polar surface area (TPSA) is 0 Å². The van der Waals surface area contributed by atoms with E-state index in [1.807, 2.05) is 0 Å². The van der Waals surface area contributed by atoms with Crippen molar-refractivity contribution in [3.05, 3.63) is 59.7 Å². The van der Waals surface area contributed by atoms with Crippen LogP contribution in [-0.4, -0.2) is 0 Å². The molecule has 0 amide bonds. The van der Waals surface area contributed by atoms with Crippen LogP contribution in [-0.2, 0) is 0 Å². The van der Waals surface area contributed by atoms with Gasteiger partial charge in [0.2, 0.25) is 0 Å². The molecule has 2 unspecified atom stereocenters. The van der Waals surface area contributed by atoms with Crippen LogP contribution in [0.3, 0.4) is 0 Å². The van der Waals surface area contributed by atoms with E-state index in [-0.39, 0.29) is 0 Å². The smallest absolute Gasteiger partial charge is 0.00531 e. The average molecular weight is 405 g/mol. The Kier molecular flexibility index (Phi) is 7.91. The summed E-state index contributed by atoms with van der Waals surface area (Å²) in [7, 11) is 0. The molecule has 0 bridgehead atoms. The van der Waals surface area contributed by atoms with Crippen molar-refractivity contribution in [1.29, 1.82) is 0 Å². The van der Waals surface area contributed by atoms with Gasteiger partial charge in [0, 0.05) is 0 Å². The normalized spacial score (nSPS) is 35.0. The summed E-state index contributed by atoms with van der Waals surface area (Å²) >= 11 is 0. The van der Waals surface area contributed by atoms with Crippen molar-refractivity contribution in [2.24, 2.45) is 29.6 Å². The molecule has 0 heteroatoms. The molecule has 2 fully saturated rings. The van der Waals surface area contributed by atoms with Gasteiger partial charge in [-0.15, -0.1) is 0 Å².